The molecule has 0 fully saturated rings. The van der Waals surface area contributed by atoms with Gasteiger partial charge in [0, 0.05) is 13.0 Å². The van der Waals surface area contributed by atoms with Gasteiger partial charge < -0.3 is 14.8 Å². The molecule has 20 heavy (non-hydrogen) atoms. The highest BCUT2D eigenvalue weighted by Gasteiger charge is 2.29. The molecule has 3 rings (SSSR count). The molecule has 1 unspecified atom stereocenters. The topological polar surface area (TPSA) is 75.3 Å². The number of nitrogens with zero attached hydrogens (tertiary/aromatic N) is 2. The van der Waals surface area contributed by atoms with Crippen LogP contribution in [0.3, 0.4) is 0 Å². The summed E-state index contributed by atoms with van der Waals surface area (Å²) >= 11 is 6.13. The Morgan fingerprint density at radius 2 is 2.15 bits per heavy atom. The number of phenolic OH excluding ortho intramolecular Hbond substituents is 1. The third kappa shape index (κ3) is 2.04. The third-order valence-corrected chi connectivity index (χ3v) is 3.96. The zero-order valence-electron chi connectivity index (χ0n) is 10.6. The lowest BCUT2D eigenvalue weighted by atomic mass is 9.96. The van der Waals surface area contributed by atoms with Crippen molar-refractivity contribution in [2.24, 2.45) is 5.92 Å². The average molecular weight is 293 g/mol. The number of halogens is 1. The van der Waals surface area contributed by atoms with E-state index in [1.165, 1.54) is 0 Å². The summed E-state index contributed by atoms with van der Waals surface area (Å²) in [4.78, 5) is 15.4. The van der Waals surface area contributed by atoms with Gasteiger partial charge >= 0.3 is 5.97 Å². The number of hydrogen-bond acceptors (Lipinski definition) is 3. The predicted octanol–water partition coefficient (Wildman–Crippen LogP) is 2.56. The number of carboxylic acid groups (broad SMARTS) is 1. The molecule has 0 saturated heterocycles. The molecule has 1 aliphatic rings. The van der Waals surface area contributed by atoms with E-state index in [9.17, 15) is 9.90 Å². The first kappa shape index (κ1) is 13.0. The van der Waals surface area contributed by atoms with Crippen LogP contribution in [0.25, 0.3) is 11.4 Å². The van der Waals surface area contributed by atoms with Crippen LogP contribution in [0.1, 0.15) is 12.1 Å². The fourth-order valence-corrected chi connectivity index (χ4v) is 2.85. The van der Waals surface area contributed by atoms with Crippen LogP contribution in [-0.4, -0.2) is 25.7 Å². The quantitative estimate of drug-likeness (QED) is 0.892. The van der Waals surface area contributed by atoms with Crippen LogP contribution in [0.2, 0.25) is 5.15 Å². The molecule has 1 aromatic heterocycles. The summed E-state index contributed by atoms with van der Waals surface area (Å²) < 4.78 is 1.90. The second-order valence-electron chi connectivity index (χ2n) is 4.87. The number of para-hydroxylation sites is 1. The number of rotatable bonds is 2. The van der Waals surface area contributed by atoms with E-state index < -0.39 is 11.9 Å². The first-order valence-corrected chi connectivity index (χ1v) is 6.72. The van der Waals surface area contributed by atoms with Gasteiger partial charge in [0.1, 0.15) is 11.6 Å². The van der Waals surface area contributed by atoms with E-state index in [0.29, 0.717) is 35.9 Å². The molecule has 0 radical (unpaired) electrons. The van der Waals surface area contributed by atoms with Crippen molar-refractivity contribution in [1.29, 1.82) is 0 Å². The Kier molecular flexibility index (Phi) is 3.14. The molecule has 0 bridgehead atoms. The predicted molar refractivity (Wildman–Crippen MR) is 73.8 cm³/mol. The summed E-state index contributed by atoms with van der Waals surface area (Å²) in [5.41, 5.74) is 1.33. The smallest absolute Gasteiger partial charge is 0.306 e. The summed E-state index contributed by atoms with van der Waals surface area (Å²) in [7, 11) is 0. The minimum absolute atomic E-state index is 0.136. The van der Waals surface area contributed by atoms with E-state index in [4.69, 9.17) is 16.7 Å². The number of fused-ring (bicyclic) bond motifs is 1. The zero-order chi connectivity index (χ0) is 14.3. The Morgan fingerprint density at radius 1 is 1.40 bits per heavy atom. The maximum Gasteiger partial charge on any atom is 0.306 e. The number of carbonyl (C=O) groups is 1. The molecule has 0 amide bonds. The van der Waals surface area contributed by atoms with Gasteiger partial charge in [-0.2, -0.15) is 0 Å². The average Bonchev–Trinajstić information content (AvgIpc) is 2.76. The van der Waals surface area contributed by atoms with E-state index in [-0.39, 0.29) is 5.75 Å². The number of aromatic nitrogens is 2. The van der Waals surface area contributed by atoms with Crippen LogP contribution in [-0.2, 0) is 17.8 Å². The van der Waals surface area contributed by atoms with E-state index in [1.54, 1.807) is 18.2 Å². The van der Waals surface area contributed by atoms with Crippen LogP contribution in [0, 0.1) is 5.92 Å². The third-order valence-electron chi connectivity index (χ3n) is 3.66. The molecule has 2 aromatic rings. The van der Waals surface area contributed by atoms with Gasteiger partial charge in [-0.15, -0.1) is 0 Å². The zero-order valence-corrected chi connectivity index (χ0v) is 11.3. The van der Waals surface area contributed by atoms with Crippen molar-refractivity contribution < 1.29 is 15.0 Å². The molecule has 1 aromatic carbocycles. The molecule has 0 spiro atoms. The number of imidazole rings is 1. The number of hydrogen-bond donors (Lipinski definition) is 2. The van der Waals surface area contributed by atoms with E-state index in [2.05, 4.69) is 4.98 Å². The Labute approximate surface area is 120 Å². The molecule has 1 aliphatic heterocycles. The van der Waals surface area contributed by atoms with Gasteiger partial charge in [-0.3, -0.25) is 4.79 Å². The Morgan fingerprint density at radius 3 is 2.85 bits per heavy atom. The fourth-order valence-electron chi connectivity index (χ4n) is 2.59. The molecular formula is C14H13ClN2O3. The SMILES string of the molecule is O=C(O)C1CCn2c(-c3ccccc3O)nc(Cl)c2C1. The van der Waals surface area contributed by atoms with Crippen LogP contribution in [0.15, 0.2) is 24.3 Å². The second-order valence-corrected chi connectivity index (χ2v) is 5.23. The van der Waals surface area contributed by atoms with Gasteiger partial charge in [-0.05, 0) is 18.6 Å². The highest BCUT2D eigenvalue weighted by Crippen LogP contribution is 2.35. The summed E-state index contributed by atoms with van der Waals surface area (Å²) in [5.74, 6) is -0.504. The van der Waals surface area contributed by atoms with Crippen LogP contribution < -0.4 is 0 Å². The van der Waals surface area contributed by atoms with Crippen molar-refractivity contribution in [3.8, 4) is 17.1 Å². The molecule has 1 atom stereocenters. The van der Waals surface area contributed by atoms with E-state index in [0.717, 1.165) is 5.69 Å². The van der Waals surface area contributed by atoms with Crippen molar-refractivity contribution in [3.63, 3.8) is 0 Å². The summed E-state index contributed by atoms with van der Waals surface area (Å²) in [5, 5.41) is 19.3. The first-order valence-electron chi connectivity index (χ1n) is 6.34. The maximum absolute atomic E-state index is 11.1. The van der Waals surface area contributed by atoms with Crippen LogP contribution in [0.4, 0.5) is 0 Å². The molecule has 0 aliphatic carbocycles. The standard InChI is InChI=1S/C14H13ClN2O3/c15-12-10-7-8(14(19)20)5-6-17(10)13(16-12)9-3-1-2-4-11(9)18/h1-4,8,18H,5-7H2,(H,19,20). The summed E-state index contributed by atoms with van der Waals surface area (Å²) in [6, 6.07) is 6.91. The van der Waals surface area contributed by atoms with Crippen LogP contribution >= 0.6 is 11.6 Å². The van der Waals surface area contributed by atoms with Gasteiger partial charge in [-0.1, -0.05) is 23.7 Å². The normalized spacial score (nSPS) is 17.8. The minimum Gasteiger partial charge on any atom is -0.507 e. The highest BCUT2D eigenvalue weighted by atomic mass is 35.5. The van der Waals surface area contributed by atoms with Crippen molar-refractivity contribution in [2.45, 2.75) is 19.4 Å². The first-order chi connectivity index (χ1) is 9.58. The number of carboxylic acids is 1. The van der Waals surface area contributed by atoms with E-state index in [1.807, 2.05) is 10.6 Å². The molecule has 5 nitrogen and oxygen atoms in total. The van der Waals surface area contributed by atoms with Gasteiger partial charge in [-0.25, -0.2) is 4.98 Å². The number of aromatic hydroxyl groups is 1. The van der Waals surface area contributed by atoms with Crippen LogP contribution in [0.5, 0.6) is 5.75 Å². The fraction of sp³-hybridized carbons (Fsp3) is 0.286. The highest BCUT2D eigenvalue weighted by molar-refractivity contribution is 6.30. The molecular weight excluding hydrogens is 280 g/mol. The van der Waals surface area contributed by atoms with Gasteiger partial charge in [0.05, 0.1) is 17.2 Å². The Balaban J connectivity index is 2.07. The minimum atomic E-state index is -0.808. The lowest BCUT2D eigenvalue weighted by molar-refractivity contribution is -0.142. The maximum atomic E-state index is 11.1. The monoisotopic (exact) mass is 292 g/mol. The second kappa shape index (κ2) is 4.83. The number of phenols is 1. The van der Waals surface area contributed by atoms with E-state index >= 15 is 0 Å². The molecule has 0 saturated carbocycles. The van der Waals surface area contributed by atoms with Gasteiger partial charge in [0.2, 0.25) is 0 Å². The van der Waals surface area contributed by atoms with Gasteiger partial charge in [0.15, 0.2) is 5.15 Å². The summed E-state index contributed by atoms with van der Waals surface area (Å²) in [6.07, 6.45) is 0.907. The van der Waals surface area contributed by atoms with Crippen molar-refractivity contribution in [3.05, 3.63) is 35.1 Å². The Bertz CT molecular complexity index is 681. The number of aliphatic carboxylic acids is 1. The molecule has 104 valence electrons. The summed E-state index contributed by atoms with van der Waals surface area (Å²) in [6.45, 7) is 0.537. The molecule has 2 heterocycles. The Hall–Kier alpha value is -2.01. The van der Waals surface area contributed by atoms with Crippen molar-refractivity contribution in [1.82, 2.24) is 9.55 Å². The largest absolute Gasteiger partial charge is 0.507 e. The van der Waals surface area contributed by atoms with Gasteiger partial charge in [0.25, 0.3) is 0 Å². The number of benzene rings is 1. The lowest BCUT2D eigenvalue weighted by Crippen LogP contribution is -2.25. The lowest BCUT2D eigenvalue weighted by Gasteiger charge is -2.22. The molecule has 6 heteroatoms. The molecule has 2 N–H and O–H groups in total. The van der Waals surface area contributed by atoms with Crippen molar-refractivity contribution in [2.75, 3.05) is 0 Å². The van der Waals surface area contributed by atoms with Crippen molar-refractivity contribution >= 4 is 17.6 Å².